The number of nitrogens with zero attached hydrogens (tertiary/aromatic N) is 3. The summed E-state index contributed by atoms with van der Waals surface area (Å²) in [6.07, 6.45) is 11.6. The molecule has 2 aromatic rings. The van der Waals surface area contributed by atoms with Gasteiger partial charge in [-0.2, -0.15) is 0 Å². The van der Waals surface area contributed by atoms with Crippen LogP contribution in [0.25, 0.3) is 10.9 Å². The first-order valence-corrected chi connectivity index (χ1v) is 11.2. The molecule has 29 heavy (non-hydrogen) atoms. The van der Waals surface area contributed by atoms with E-state index in [9.17, 15) is 4.39 Å². The smallest absolute Gasteiger partial charge is 0.123 e. The Morgan fingerprint density at radius 2 is 1.79 bits per heavy atom. The van der Waals surface area contributed by atoms with Gasteiger partial charge in [-0.25, -0.2) is 4.39 Å². The normalized spacial score (nSPS) is 24.7. The molecular weight excluding hydrogens is 365 g/mol. The number of oxime groups is 1. The van der Waals surface area contributed by atoms with Crippen LogP contribution < -0.4 is 0 Å². The van der Waals surface area contributed by atoms with Crippen LogP contribution in [0.1, 0.15) is 64.0 Å². The minimum atomic E-state index is -0.214. The zero-order valence-electron chi connectivity index (χ0n) is 18.0. The lowest BCUT2D eigenvalue weighted by molar-refractivity contribution is 0.0894. The first-order chi connectivity index (χ1) is 14.1. The van der Waals surface area contributed by atoms with E-state index < -0.39 is 0 Å². The molecule has 5 heteroatoms. The van der Waals surface area contributed by atoms with E-state index in [1.165, 1.54) is 32.8 Å². The third kappa shape index (κ3) is 4.35. The maximum atomic E-state index is 13.8. The quantitative estimate of drug-likeness (QED) is 0.483. The summed E-state index contributed by atoms with van der Waals surface area (Å²) in [5.41, 5.74) is 2.00. The SMILES string of the molecule is CON=Cc1cn(C2CCN(C3CCC(C(C)C)CC3)CC2)c2ccc(F)cc12. The molecule has 2 heterocycles. The van der Waals surface area contributed by atoms with Gasteiger partial charge in [0.05, 0.1) is 6.21 Å². The maximum absolute atomic E-state index is 13.8. The van der Waals surface area contributed by atoms with E-state index in [2.05, 4.69) is 34.7 Å². The monoisotopic (exact) mass is 399 g/mol. The number of halogens is 1. The van der Waals surface area contributed by atoms with Gasteiger partial charge in [0.25, 0.3) is 0 Å². The third-order valence-corrected chi connectivity index (χ3v) is 7.22. The van der Waals surface area contributed by atoms with Crippen LogP contribution in [0.2, 0.25) is 0 Å². The highest BCUT2D eigenvalue weighted by molar-refractivity contribution is 5.99. The Morgan fingerprint density at radius 1 is 1.07 bits per heavy atom. The summed E-state index contributed by atoms with van der Waals surface area (Å²) in [4.78, 5) is 7.57. The van der Waals surface area contributed by atoms with E-state index >= 15 is 0 Å². The Morgan fingerprint density at radius 3 is 2.45 bits per heavy atom. The molecule has 1 aromatic heterocycles. The molecule has 1 aromatic carbocycles. The van der Waals surface area contributed by atoms with Gasteiger partial charge in [0, 0.05) is 47.8 Å². The lowest BCUT2D eigenvalue weighted by atomic mass is 9.79. The topological polar surface area (TPSA) is 29.8 Å². The summed E-state index contributed by atoms with van der Waals surface area (Å²) < 4.78 is 16.2. The number of aromatic nitrogens is 1. The summed E-state index contributed by atoms with van der Waals surface area (Å²) in [6, 6.07) is 6.28. The van der Waals surface area contributed by atoms with E-state index in [1.807, 2.05) is 6.07 Å². The summed E-state index contributed by atoms with van der Waals surface area (Å²) >= 11 is 0. The number of piperidine rings is 1. The van der Waals surface area contributed by atoms with Gasteiger partial charge in [-0.3, -0.25) is 0 Å². The lowest BCUT2D eigenvalue weighted by Crippen LogP contribution is -2.43. The molecule has 1 aliphatic carbocycles. The molecule has 1 aliphatic heterocycles. The van der Waals surface area contributed by atoms with Crippen molar-refractivity contribution in [3.8, 4) is 0 Å². The molecule has 0 atom stereocenters. The van der Waals surface area contributed by atoms with E-state index in [0.29, 0.717) is 6.04 Å². The molecular formula is C24H34FN3O. The van der Waals surface area contributed by atoms with E-state index in [4.69, 9.17) is 4.84 Å². The number of likely N-dealkylation sites (tertiary alicyclic amines) is 1. The first kappa shape index (κ1) is 20.4. The van der Waals surface area contributed by atoms with Crippen LogP contribution >= 0.6 is 0 Å². The van der Waals surface area contributed by atoms with Gasteiger partial charge < -0.3 is 14.3 Å². The van der Waals surface area contributed by atoms with Gasteiger partial charge in [0.15, 0.2) is 0 Å². The van der Waals surface area contributed by atoms with Gasteiger partial charge in [0.1, 0.15) is 12.9 Å². The molecule has 1 saturated heterocycles. The average molecular weight is 400 g/mol. The predicted molar refractivity (Wildman–Crippen MR) is 117 cm³/mol. The predicted octanol–water partition coefficient (Wildman–Crippen LogP) is 5.61. The maximum Gasteiger partial charge on any atom is 0.123 e. The van der Waals surface area contributed by atoms with Gasteiger partial charge in [-0.05, 0) is 68.6 Å². The molecule has 0 unspecified atom stereocenters. The highest BCUT2D eigenvalue weighted by atomic mass is 19.1. The van der Waals surface area contributed by atoms with E-state index in [-0.39, 0.29) is 5.82 Å². The van der Waals surface area contributed by atoms with E-state index in [0.717, 1.165) is 60.3 Å². The van der Waals surface area contributed by atoms with Crippen molar-refractivity contribution in [3.05, 3.63) is 35.8 Å². The van der Waals surface area contributed by atoms with Crippen molar-refractivity contribution in [1.29, 1.82) is 0 Å². The molecule has 2 aliphatic rings. The van der Waals surface area contributed by atoms with Gasteiger partial charge >= 0.3 is 0 Å². The molecule has 0 spiro atoms. The average Bonchev–Trinajstić information content (AvgIpc) is 3.10. The number of benzene rings is 1. The Bertz CT molecular complexity index is 843. The highest BCUT2D eigenvalue weighted by Gasteiger charge is 2.30. The zero-order valence-corrected chi connectivity index (χ0v) is 18.0. The molecule has 4 nitrogen and oxygen atoms in total. The Balaban J connectivity index is 1.45. The number of fused-ring (bicyclic) bond motifs is 1. The summed E-state index contributed by atoms with van der Waals surface area (Å²) in [7, 11) is 1.53. The first-order valence-electron chi connectivity index (χ1n) is 11.2. The van der Waals surface area contributed by atoms with Crippen LogP contribution in [0.15, 0.2) is 29.6 Å². The molecule has 0 amide bonds. The molecule has 0 N–H and O–H groups in total. The lowest BCUT2D eigenvalue weighted by Gasteiger charge is -2.42. The van der Waals surface area contributed by atoms with Crippen molar-refractivity contribution in [2.24, 2.45) is 17.0 Å². The van der Waals surface area contributed by atoms with Crippen LogP contribution in [0.5, 0.6) is 0 Å². The van der Waals surface area contributed by atoms with Crippen molar-refractivity contribution < 1.29 is 9.23 Å². The Kier molecular flexibility index (Phi) is 6.23. The van der Waals surface area contributed by atoms with Crippen molar-refractivity contribution in [3.63, 3.8) is 0 Å². The Labute approximate surface area is 173 Å². The second-order valence-electron chi connectivity index (χ2n) is 9.15. The number of hydrogen-bond donors (Lipinski definition) is 0. The number of hydrogen-bond acceptors (Lipinski definition) is 3. The fourth-order valence-electron chi connectivity index (χ4n) is 5.43. The minimum Gasteiger partial charge on any atom is -0.399 e. The summed E-state index contributed by atoms with van der Waals surface area (Å²) in [5.74, 6) is 1.53. The highest BCUT2D eigenvalue weighted by Crippen LogP contribution is 2.35. The Hall–Kier alpha value is -1.88. The second kappa shape index (κ2) is 8.86. The largest absolute Gasteiger partial charge is 0.399 e. The second-order valence-corrected chi connectivity index (χ2v) is 9.15. The summed E-state index contributed by atoms with van der Waals surface area (Å²) in [6.45, 7) is 7.05. The molecule has 4 rings (SSSR count). The fraction of sp³-hybridized carbons (Fsp3) is 0.625. The number of rotatable bonds is 5. The fourth-order valence-corrected chi connectivity index (χ4v) is 5.43. The zero-order chi connectivity index (χ0) is 20.4. The van der Waals surface area contributed by atoms with Gasteiger partial charge in [0.2, 0.25) is 0 Å². The standard InChI is InChI=1S/C24H34FN3O/c1-17(2)18-4-7-21(8-5-18)27-12-10-22(11-13-27)28-16-19(15-26-29-3)23-14-20(25)6-9-24(23)28/h6,9,14-18,21-22H,4-5,7-8,10-13H2,1-3H3. The van der Waals surface area contributed by atoms with Crippen molar-refractivity contribution in [1.82, 2.24) is 9.47 Å². The van der Waals surface area contributed by atoms with Crippen LogP contribution in [-0.4, -0.2) is 41.9 Å². The van der Waals surface area contributed by atoms with Gasteiger partial charge in [-0.15, -0.1) is 0 Å². The van der Waals surface area contributed by atoms with Crippen LogP contribution in [0.3, 0.4) is 0 Å². The molecule has 2 fully saturated rings. The minimum absolute atomic E-state index is 0.214. The summed E-state index contributed by atoms with van der Waals surface area (Å²) in [5, 5.41) is 4.81. The van der Waals surface area contributed by atoms with Crippen molar-refractivity contribution in [2.75, 3.05) is 20.2 Å². The third-order valence-electron chi connectivity index (χ3n) is 7.22. The molecule has 0 bridgehead atoms. The van der Waals surface area contributed by atoms with Crippen molar-refractivity contribution in [2.45, 2.75) is 64.5 Å². The van der Waals surface area contributed by atoms with E-state index in [1.54, 1.807) is 18.3 Å². The molecule has 0 radical (unpaired) electrons. The van der Waals surface area contributed by atoms with Crippen LogP contribution in [0.4, 0.5) is 4.39 Å². The molecule has 1 saturated carbocycles. The van der Waals surface area contributed by atoms with Crippen LogP contribution in [-0.2, 0) is 4.84 Å². The van der Waals surface area contributed by atoms with Gasteiger partial charge in [-0.1, -0.05) is 19.0 Å². The van der Waals surface area contributed by atoms with Crippen LogP contribution in [0, 0.1) is 17.7 Å². The molecule has 158 valence electrons. The van der Waals surface area contributed by atoms with Crippen molar-refractivity contribution >= 4 is 17.1 Å².